The van der Waals surface area contributed by atoms with Crippen LogP contribution in [-0.2, 0) is 0 Å². The number of benzene rings is 2. The van der Waals surface area contributed by atoms with Gasteiger partial charge in [0.2, 0.25) is 0 Å². The summed E-state index contributed by atoms with van der Waals surface area (Å²) >= 11 is 0. The molecule has 1 aromatic heterocycles. The van der Waals surface area contributed by atoms with Gasteiger partial charge in [0.15, 0.2) is 11.5 Å². The Kier molecular flexibility index (Phi) is 9.18. The highest BCUT2D eigenvalue weighted by atomic mass is 16.5. The van der Waals surface area contributed by atoms with E-state index in [1.807, 2.05) is 47.6 Å². The number of pyridine rings is 1. The van der Waals surface area contributed by atoms with Crippen molar-refractivity contribution in [1.82, 2.24) is 14.8 Å². The number of aromatic nitrogens is 1. The summed E-state index contributed by atoms with van der Waals surface area (Å²) in [6, 6.07) is 14.2. The van der Waals surface area contributed by atoms with Crippen LogP contribution < -0.4 is 14.4 Å². The SMILES string of the molecule is COc1cc2cc3c(cc2cc1OCCCCCCCCN1CCN(c2ccccn2)CC1)C(=O)N1CCC[C@H]1C=N3. The Balaban J connectivity index is 0.916. The maximum absolute atomic E-state index is 13.2. The van der Waals surface area contributed by atoms with Crippen LogP contribution in [-0.4, -0.2) is 85.9 Å². The monoisotopic (exact) mass is 569 g/mol. The van der Waals surface area contributed by atoms with Crippen molar-refractivity contribution in [2.75, 3.05) is 57.9 Å². The first-order valence-electron chi connectivity index (χ1n) is 15.7. The van der Waals surface area contributed by atoms with Crippen molar-refractivity contribution in [3.8, 4) is 11.5 Å². The molecule has 2 fully saturated rings. The van der Waals surface area contributed by atoms with E-state index >= 15 is 0 Å². The number of rotatable bonds is 12. The van der Waals surface area contributed by atoms with Crippen LogP contribution in [0.1, 0.15) is 61.7 Å². The summed E-state index contributed by atoms with van der Waals surface area (Å²) < 4.78 is 11.8. The molecule has 2 aromatic carbocycles. The van der Waals surface area contributed by atoms with Crippen LogP contribution in [0.15, 0.2) is 53.7 Å². The van der Waals surface area contributed by atoms with Gasteiger partial charge >= 0.3 is 0 Å². The normalized spacial score (nSPS) is 18.7. The molecule has 0 saturated carbocycles. The predicted octanol–water partition coefficient (Wildman–Crippen LogP) is 6.11. The number of carbonyl (C=O) groups is 1. The molecular weight excluding hydrogens is 526 g/mol. The standard InChI is InChI=1S/C34H43N5O3/c1-41-31-23-27-22-30-29(34(40)39-15-10-11-28(39)25-36-30)21-26(27)24-32(31)42-20-9-5-3-2-4-8-14-37-16-18-38(19-17-37)33-12-6-7-13-35-33/h6-7,12-13,21-25,28H,2-5,8-11,14-20H2,1H3/t28-/m0/s1. The number of hydrogen-bond donors (Lipinski definition) is 0. The number of amides is 1. The van der Waals surface area contributed by atoms with Gasteiger partial charge in [0.05, 0.1) is 31.0 Å². The van der Waals surface area contributed by atoms with E-state index in [0.717, 1.165) is 86.4 Å². The zero-order valence-electron chi connectivity index (χ0n) is 24.8. The molecule has 1 atom stereocenters. The van der Waals surface area contributed by atoms with Gasteiger partial charge in [0, 0.05) is 45.1 Å². The minimum atomic E-state index is 0.0772. The van der Waals surface area contributed by atoms with Crippen LogP contribution >= 0.6 is 0 Å². The van der Waals surface area contributed by atoms with Crippen molar-refractivity contribution < 1.29 is 14.3 Å². The number of ether oxygens (including phenoxy) is 2. The topological polar surface area (TPSA) is 70.5 Å². The lowest BCUT2D eigenvalue weighted by molar-refractivity contribution is 0.0775. The number of nitrogens with zero attached hydrogens (tertiary/aromatic N) is 5. The lowest BCUT2D eigenvalue weighted by Crippen LogP contribution is -2.46. The van der Waals surface area contributed by atoms with E-state index in [2.05, 4.69) is 31.9 Å². The Morgan fingerprint density at radius 1 is 0.881 bits per heavy atom. The van der Waals surface area contributed by atoms with Crippen LogP contribution in [0.2, 0.25) is 0 Å². The summed E-state index contributed by atoms with van der Waals surface area (Å²) in [6.45, 7) is 7.02. The second-order valence-corrected chi connectivity index (χ2v) is 11.7. The fourth-order valence-electron chi connectivity index (χ4n) is 6.44. The van der Waals surface area contributed by atoms with E-state index in [-0.39, 0.29) is 11.9 Å². The van der Waals surface area contributed by atoms with Crippen molar-refractivity contribution in [2.24, 2.45) is 4.99 Å². The Labute approximate surface area is 249 Å². The molecule has 3 aliphatic heterocycles. The second-order valence-electron chi connectivity index (χ2n) is 11.7. The summed E-state index contributed by atoms with van der Waals surface area (Å²) in [5.41, 5.74) is 1.41. The number of methoxy groups -OCH3 is 1. The first kappa shape index (κ1) is 28.5. The van der Waals surface area contributed by atoms with E-state index in [1.165, 1.54) is 32.2 Å². The van der Waals surface area contributed by atoms with E-state index in [0.29, 0.717) is 17.9 Å². The zero-order chi connectivity index (χ0) is 28.7. The van der Waals surface area contributed by atoms with Crippen molar-refractivity contribution in [2.45, 2.75) is 57.4 Å². The van der Waals surface area contributed by atoms with Gasteiger partial charge in [-0.1, -0.05) is 31.7 Å². The Hall–Kier alpha value is -3.65. The van der Waals surface area contributed by atoms with Gasteiger partial charge in [-0.05, 0) is 79.4 Å². The van der Waals surface area contributed by atoms with Gasteiger partial charge in [-0.3, -0.25) is 14.7 Å². The Bertz CT molecular complexity index is 1390. The predicted molar refractivity (Wildman–Crippen MR) is 169 cm³/mol. The van der Waals surface area contributed by atoms with Crippen LogP contribution in [0.3, 0.4) is 0 Å². The third-order valence-corrected chi connectivity index (χ3v) is 8.89. The van der Waals surface area contributed by atoms with Crippen LogP contribution in [0.25, 0.3) is 10.8 Å². The molecule has 1 amide bonds. The average molecular weight is 570 g/mol. The van der Waals surface area contributed by atoms with Gasteiger partial charge in [-0.15, -0.1) is 0 Å². The lowest BCUT2D eigenvalue weighted by atomic mass is 10.0. The average Bonchev–Trinajstić information content (AvgIpc) is 3.47. The molecule has 6 rings (SSSR count). The number of aliphatic imine (C=N–C) groups is 1. The molecule has 2 saturated heterocycles. The largest absolute Gasteiger partial charge is 0.493 e. The molecule has 42 heavy (non-hydrogen) atoms. The first-order valence-corrected chi connectivity index (χ1v) is 15.7. The smallest absolute Gasteiger partial charge is 0.256 e. The first-order chi connectivity index (χ1) is 20.7. The molecule has 3 aliphatic rings. The highest BCUT2D eigenvalue weighted by Crippen LogP contribution is 2.37. The number of anilines is 1. The highest BCUT2D eigenvalue weighted by Gasteiger charge is 2.32. The highest BCUT2D eigenvalue weighted by molar-refractivity contribution is 6.07. The van der Waals surface area contributed by atoms with Crippen LogP contribution in [0.4, 0.5) is 11.5 Å². The molecule has 0 radical (unpaired) electrons. The lowest BCUT2D eigenvalue weighted by Gasteiger charge is -2.35. The van der Waals surface area contributed by atoms with Gasteiger partial charge < -0.3 is 19.3 Å². The Morgan fingerprint density at radius 2 is 1.67 bits per heavy atom. The van der Waals surface area contributed by atoms with Gasteiger partial charge in [0.1, 0.15) is 5.82 Å². The fourth-order valence-corrected chi connectivity index (χ4v) is 6.44. The van der Waals surface area contributed by atoms with Gasteiger partial charge in [0.25, 0.3) is 5.91 Å². The zero-order valence-corrected chi connectivity index (χ0v) is 24.8. The summed E-state index contributed by atoms with van der Waals surface area (Å²) in [5, 5.41) is 1.98. The van der Waals surface area contributed by atoms with Crippen molar-refractivity contribution >= 4 is 34.4 Å². The second kappa shape index (κ2) is 13.6. The van der Waals surface area contributed by atoms with Crippen molar-refractivity contribution in [1.29, 1.82) is 0 Å². The molecule has 8 heteroatoms. The van der Waals surface area contributed by atoms with E-state index in [1.54, 1.807) is 7.11 Å². The summed E-state index contributed by atoms with van der Waals surface area (Å²) in [6.07, 6.45) is 13.1. The number of unbranched alkanes of at least 4 members (excludes halogenated alkanes) is 5. The Morgan fingerprint density at radius 3 is 2.48 bits per heavy atom. The molecule has 8 nitrogen and oxygen atoms in total. The molecular formula is C34H43N5O3. The van der Waals surface area contributed by atoms with Crippen molar-refractivity contribution in [3.63, 3.8) is 0 Å². The summed E-state index contributed by atoms with van der Waals surface area (Å²) in [7, 11) is 1.67. The van der Waals surface area contributed by atoms with Crippen LogP contribution in [0, 0.1) is 0 Å². The maximum Gasteiger partial charge on any atom is 0.256 e. The third kappa shape index (κ3) is 6.54. The summed E-state index contributed by atoms with van der Waals surface area (Å²) in [4.78, 5) is 29.3. The number of piperazine rings is 1. The van der Waals surface area contributed by atoms with E-state index in [9.17, 15) is 4.79 Å². The molecule has 4 heterocycles. The summed E-state index contributed by atoms with van der Waals surface area (Å²) in [5.74, 6) is 2.62. The number of fused-ring (bicyclic) bond motifs is 3. The number of carbonyl (C=O) groups excluding carboxylic acids is 1. The van der Waals surface area contributed by atoms with E-state index < -0.39 is 0 Å². The molecule has 0 aliphatic carbocycles. The van der Waals surface area contributed by atoms with Gasteiger partial charge in [-0.25, -0.2) is 4.98 Å². The van der Waals surface area contributed by atoms with Gasteiger partial charge in [-0.2, -0.15) is 0 Å². The number of hydrogen-bond acceptors (Lipinski definition) is 7. The minimum Gasteiger partial charge on any atom is -0.493 e. The fraction of sp³-hybridized carbons (Fsp3) is 0.500. The quantitative estimate of drug-likeness (QED) is 0.245. The maximum atomic E-state index is 13.2. The molecule has 0 N–H and O–H groups in total. The third-order valence-electron chi connectivity index (χ3n) is 8.89. The molecule has 3 aromatic rings. The molecule has 0 unspecified atom stereocenters. The molecule has 0 spiro atoms. The van der Waals surface area contributed by atoms with Crippen LogP contribution in [0.5, 0.6) is 11.5 Å². The molecule has 222 valence electrons. The minimum absolute atomic E-state index is 0.0772. The van der Waals surface area contributed by atoms with E-state index in [4.69, 9.17) is 9.47 Å². The molecule has 0 bridgehead atoms. The van der Waals surface area contributed by atoms with Crippen molar-refractivity contribution in [3.05, 3.63) is 54.2 Å².